The summed E-state index contributed by atoms with van der Waals surface area (Å²) < 4.78 is 13.0. The van der Waals surface area contributed by atoms with E-state index in [-0.39, 0.29) is 23.2 Å². The molecular formula is C15H15ClFN3O4. The van der Waals surface area contributed by atoms with Crippen LogP contribution in [0, 0.1) is 11.7 Å². The summed E-state index contributed by atoms with van der Waals surface area (Å²) >= 11 is 5.79. The summed E-state index contributed by atoms with van der Waals surface area (Å²) in [7, 11) is 0. The first-order valence-corrected chi connectivity index (χ1v) is 7.50. The minimum atomic E-state index is -1.05. The number of nitrogens with zero attached hydrogens (tertiary/aromatic N) is 2. The van der Waals surface area contributed by atoms with Crippen LogP contribution in [0.3, 0.4) is 0 Å². The third-order valence-electron chi connectivity index (χ3n) is 3.19. The lowest BCUT2D eigenvalue weighted by molar-refractivity contribution is -0.143. The van der Waals surface area contributed by atoms with Crippen molar-refractivity contribution in [1.82, 2.24) is 9.80 Å². The molecule has 1 saturated heterocycles. The summed E-state index contributed by atoms with van der Waals surface area (Å²) in [6.45, 7) is 3.03. The van der Waals surface area contributed by atoms with Gasteiger partial charge in [-0.15, -0.1) is 0 Å². The number of carbonyl (C=O) groups excluding carboxylic acids is 4. The van der Waals surface area contributed by atoms with Gasteiger partial charge in [-0.2, -0.15) is 0 Å². The first-order chi connectivity index (χ1) is 11.2. The summed E-state index contributed by atoms with van der Waals surface area (Å²) in [6.07, 6.45) is 0. The molecule has 1 aliphatic heterocycles. The molecule has 7 nitrogen and oxygen atoms in total. The van der Waals surface area contributed by atoms with E-state index >= 15 is 0 Å². The Labute approximate surface area is 142 Å². The second kappa shape index (κ2) is 6.96. The van der Waals surface area contributed by atoms with Gasteiger partial charge >= 0.3 is 17.8 Å². The van der Waals surface area contributed by atoms with E-state index in [0.29, 0.717) is 4.90 Å². The molecule has 2 rings (SSSR count). The van der Waals surface area contributed by atoms with Gasteiger partial charge in [-0.25, -0.2) is 14.1 Å². The van der Waals surface area contributed by atoms with Crippen molar-refractivity contribution >= 4 is 41.0 Å². The summed E-state index contributed by atoms with van der Waals surface area (Å²) in [5.74, 6) is -3.33. The van der Waals surface area contributed by atoms with Crippen LogP contribution in [0.15, 0.2) is 18.2 Å². The number of rotatable bonds is 5. The smallest absolute Gasteiger partial charge is 0.323 e. The van der Waals surface area contributed by atoms with E-state index in [2.05, 4.69) is 5.32 Å². The monoisotopic (exact) mass is 355 g/mol. The minimum Gasteiger partial charge on any atom is -0.323 e. The Bertz CT molecular complexity index is 723. The van der Waals surface area contributed by atoms with Crippen molar-refractivity contribution in [3.63, 3.8) is 0 Å². The Morgan fingerprint density at radius 1 is 1.21 bits per heavy atom. The molecule has 24 heavy (non-hydrogen) atoms. The minimum absolute atomic E-state index is 0.0162. The maximum absolute atomic E-state index is 13.0. The van der Waals surface area contributed by atoms with Crippen LogP contribution in [-0.4, -0.2) is 46.6 Å². The van der Waals surface area contributed by atoms with E-state index in [0.717, 1.165) is 17.0 Å². The molecule has 0 atom stereocenters. The highest BCUT2D eigenvalue weighted by atomic mass is 35.5. The number of anilines is 1. The molecule has 1 aromatic rings. The molecule has 1 aromatic carbocycles. The molecule has 128 valence electrons. The van der Waals surface area contributed by atoms with Crippen LogP contribution in [0.2, 0.25) is 5.02 Å². The van der Waals surface area contributed by atoms with Crippen molar-refractivity contribution in [3.05, 3.63) is 29.0 Å². The maximum atomic E-state index is 13.0. The number of benzene rings is 1. The molecule has 5 amide bonds. The highest BCUT2D eigenvalue weighted by Crippen LogP contribution is 2.22. The Balaban J connectivity index is 2.07. The SMILES string of the molecule is CC(C)CN1C(=O)C(=O)N(CC(=O)Nc2ccc(F)cc2Cl)C1=O. The molecule has 1 fully saturated rings. The van der Waals surface area contributed by atoms with Crippen LogP contribution < -0.4 is 5.32 Å². The van der Waals surface area contributed by atoms with Gasteiger partial charge in [0.2, 0.25) is 5.91 Å². The predicted octanol–water partition coefficient (Wildman–Crippen LogP) is 1.86. The molecule has 0 bridgehead atoms. The fourth-order valence-corrected chi connectivity index (χ4v) is 2.35. The Morgan fingerprint density at radius 3 is 2.42 bits per heavy atom. The molecule has 0 radical (unpaired) electrons. The molecule has 0 saturated carbocycles. The Morgan fingerprint density at radius 2 is 1.83 bits per heavy atom. The van der Waals surface area contributed by atoms with E-state index in [1.807, 2.05) is 0 Å². The number of hydrogen-bond acceptors (Lipinski definition) is 4. The summed E-state index contributed by atoms with van der Waals surface area (Å²) in [5.41, 5.74) is 0.132. The molecule has 1 N–H and O–H groups in total. The second-order valence-electron chi connectivity index (χ2n) is 5.66. The van der Waals surface area contributed by atoms with Crippen LogP contribution in [-0.2, 0) is 14.4 Å². The molecule has 9 heteroatoms. The van der Waals surface area contributed by atoms with Gasteiger partial charge in [-0.05, 0) is 24.1 Å². The van der Waals surface area contributed by atoms with Crippen molar-refractivity contribution in [1.29, 1.82) is 0 Å². The van der Waals surface area contributed by atoms with Crippen molar-refractivity contribution in [2.45, 2.75) is 13.8 Å². The van der Waals surface area contributed by atoms with Gasteiger partial charge in [0.05, 0.1) is 10.7 Å². The van der Waals surface area contributed by atoms with E-state index in [1.54, 1.807) is 13.8 Å². The third-order valence-corrected chi connectivity index (χ3v) is 3.50. The third kappa shape index (κ3) is 3.70. The number of hydrogen-bond donors (Lipinski definition) is 1. The lowest BCUT2D eigenvalue weighted by atomic mass is 10.2. The van der Waals surface area contributed by atoms with E-state index in [4.69, 9.17) is 11.6 Å². The predicted molar refractivity (Wildman–Crippen MR) is 83.7 cm³/mol. The topological polar surface area (TPSA) is 86.8 Å². The fourth-order valence-electron chi connectivity index (χ4n) is 2.14. The highest BCUT2D eigenvalue weighted by Gasteiger charge is 2.45. The largest absolute Gasteiger partial charge is 0.334 e. The Kier molecular flexibility index (Phi) is 5.18. The van der Waals surface area contributed by atoms with Crippen molar-refractivity contribution in [2.24, 2.45) is 5.92 Å². The van der Waals surface area contributed by atoms with Gasteiger partial charge in [-0.3, -0.25) is 19.3 Å². The first kappa shape index (κ1) is 17.9. The van der Waals surface area contributed by atoms with Crippen LogP contribution in [0.5, 0.6) is 0 Å². The van der Waals surface area contributed by atoms with Gasteiger partial charge in [0.25, 0.3) is 0 Å². The van der Waals surface area contributed by atoms with Crippen LogP contribution >= 0.6 is 11.6 Å². The average Bonchev–Trinajstić information content (AvgIpc) is 2.67. The number of amides is 5. The zero-order chi connectivity index (χ0) is 18.0. The molecular weight excluding hydrogens is 341 g/mol. The van der Waals surface area contributed by atoms with Gasteiger partial charge < -0.3 is 5.32 Å². The maximum Gasteiger partial charge on any atom is 0.334 e. The summed E-state index contributed by atoms with van der Waals surface area (Å²) in [4.78, 5) is 49.2. The summed E-state index contributed by atoms with van der Waals surface area (Å²) in [5, 5.41) is 2.33. The molecule has 0 aromatic heterocycles. The molecule has 1 heterocycles. The molecule has 1 aliphatic rings. The fraction of sp³-hybridized carbons (Fsp3) is 0.333. The number of urea groups is 1. The van der Waals surface area contributed by atoms with Crippen molar-refractivity contribution in [2.75, 3.05) is 18.4 Å². The number of halogens is 2. The zero-order valence-corrected chi connectivity index (χ0v) is 13.8. The number of imide groups is 2. The first-order valence-electron chi connectivity index (χ1n) is 7.13. The molecule has 0 unspecified atom stereocenters. The van der Waals surface area contributed by atoms with Crippen molar-refractivity contribution < 1.29 is 23.6 Å². The van der Waals surface area contributed by atoms with E-state index in [1.165, 1.54) is 6.07 Å². The van der Waals surface area contributed by atoms with E-state index in [9.17, 15) is 23.6 Å². The van der Waals surface area contributed by atoms with Gasteiger partial charge in [-0.1, -0.05) is 25.4 Å². The van der Waals surface area contributed by atoms with E-state index < -0.39 is 36.1 Å². The molecule has 0 spiro atoms. The zero-order valence-electron chi connectivity index (χ0n) is 13.0. The molecule has 0 aliphatic carbocycles. The van der Waals surface area contributed by atoms with Crippen LogP contribution in [0.1, 0.15) is 13.8 Å². The average molecular weight is 356 g/mol. The Hall–Kier alpha value is -2.48. The van der Waals surface area contributed by atoms with Gasteiger partial charge in [0.1, 0.15) is 12.4 Å². The quantitative estimate of drug-likeness (QED) is 0.645. The lowest BCUT2D eigenvalue weighted by Gasteiger charge is -2.17. The van der Waals surface area contributed by atoms with Crippen molar-refractivity contribution in [3.8, 4) is 0 Å². The standard InChI is InChI=1S/C15H15ClFN3O4/c1-8(2)6-19-13(22)14(23)20(15(19)24)7-12(21)18-11-4-3-9(17)5-10(11)16/h3-5,8H,6-7H2,1-2H3,(H,18,21). The highest BCUT2D eigenvalue weighted by molar-refractivity contribution is 6.45. The normalized spacial score (nSPS) is 14.8. The van der Waals surface area contributed by atoms with Gasteiger partial charge in [0.15, 0.2) is 0 Å². The van der Waals surface area contributed by atoms with Crippen LogP contribution in [0.4, 0.5) is 14.9 Å². The summed E-state index contributed by atoms with van der Waals surface area (Å²) in [6, 6.07) is 2.53. The number of nitrogens with one attached hydrogen (secondary N) is 1. The number of carbonyl (C=O) groups is 4. The second-order valence-corrected chi connectivity index (χ2v) is 6.06. The van der Waals surface area contributed by atoms with Gasteiger partial charge in [0, 0.05) is 6.54 Å². The van der Waals surface area contributed by atoms with Crippen LogP contribution in [0.25, 0.3) is 0 Å². The lowest BCUT2D eigenvalue weighted by Crippen LogP contribution is -2.39.